The number of rotatable bonds is 6. The number of aromatic hydroxyl groups is 1. The van der Waals surface area contributed by atoms with Gasteiger partial charge in [-0.25, -0.2) is 4.98 Å². The van der Waals surface area contributed by atoms with Gasteiger partial charge in [0.05, 0.1) is 22.3 Å². The van der Waals surface area contributed by atoms with Crippen molar-refractivity contribution < 1.29 is 5.11 Å². The number of hydrogen-bond donors (Lipinski definition) is 1. The highest BCUT2D eigenvalue weighted by Crippen LogP contribution is 2.43. The Balaban J connectivity index is 1.44. The van der Waals surface area contributed by atoms with Crippen LogP contribution in [-0.4, -0.2) is 19.6 Å². The molecule has 0 aliphatic heterocycles. The summed E-state index contributed by atoms with van der Waals surface area (Å²) >= 11 is 0. The summed E-state index contributed by atoms with van der Waals surface area (Å²) in [7, 11) is 2.04. The Hall–Kier alpha value is -5.48. The molecule has 7 aromatic rings. The van der Waals surface area contributed by atoms with Crippen LogP contribution >= 0.6 is 0 Å². The molecule has 238 valence electrons. The third-order valence-electron chi connectivity index (χ3n) is 9.27. The van der Waals surface area contributed by atoms with Gasteiger partial charge >= 0.3 is 0 Å². The molecule has 48 heavy (non-hydrogen) atoms. The highest BCUT2D eigenvalue weighted by molar-refractivity contribution is 5.96. The monoisotopic (exact) mass is 627 g/mol. The van der Waals surface area contributed by atoms with Crippen molar-refractivity contribution in [2.24, 2.45) is 7.05 Å². The Morgan fingerprint density at radius 3 is 1.94 bits per heavy atom. The topological polar surface area (TPSA) is 50.9 Å². The van der Waals surface area contributed by atoms with Gasteiger partial charge in [-0.3, -0.25) is 4.98 Å². The number of aryl methyl sites for hydroxylation is 1. The van der Waals surface area contributed by atoms with Crippen LogP contribution in [0.25, 0.3) is 67.1 Å². The third kappa shape index (κ3) is 5.79. The summed E-state index contributed by atoms with van der Waals surface area (Å²) in [5, 5.41) is 11.7. The van der Waals surface area contributed by atoms with Crippen LogP contribution in [0.3, 0.4) is 0 Å². The zero-order chi connectivity index (χ0) is 33.6. The van der Waals surface area contributed by atoms with E-state index in [0.717, 1.165) is 72.6 Å². The van der Waals surface area contributed by atoms with E-state index in [4.69, 9.17) is 9.97 Å². The van der Waals surface area contributed by atoms with Gasteiger partial charge in [0.1, 0.15) is 11.6 Å². The first kappa shape index (κ1) is 31.1. The molecule has 2 heterocycles. The van der Waals surface area contributed by atoms with Gasteiger partial charge in [0.15, 0.2) is 0 Å². The summed E-state index contributed by atoms with van der Waals surface area (Å²) in [6, 6.07) is 42.4. The standard InChI is InChI=1S/C44H41N3O/c1-28(2)32-25-37(42(48)38(26-32)44(3,4)5)43-46-41-36(18-13-19-40(41)47(43)6)34-22-33(30-16-11-8-12-17-30)23-35(24-34)39-27-31(20-21-45-39)29-14-9-7-10-15-29/h7-28,48H,1-6H3. The molecular formula is C44H41N3O. The molecule has 0 unspecified atom stereocenters. The van der Waals surface area contributed by atoms with Crippen molar-refractivity contribution in [3.05, 3.63) is 139 Å². The molecule has 0 amide bonds. The Morgan fingerprint density at radius 2 is 1.27 bits per heavy atom. The Morgan fingerprint density at radius 1 is 0.625 bits per heavy atom. The van der Waals surface area contributed by atoms with Gasteiger partial charge in [0.25, 0.3) is 0 Å². The normalized spacial score (nSPS) is 11.8. The largest absolute Gasteiger partial charge is 0.507 e. The van der Waals surface area contributed by atoms with Crippen molar-refractivity contribution in [2.75, 3.05) is 0 Å². The van der Waals surface area contributed by atoms with E-state index >= 15 is 0 Å². The number of para-hydroxylation sites is 1. The number of benzene rings is 5. The van der Waals surface area contributed by atoms with Gasteiger partial charge in [0.2, 0.25) is 0 Å². The molecule has 2 aromatic heterocycles. The molecular weight excluding hydrogens is 587 g/mol. The fourth-order valence-electron chi connectivity index (χ4n) is 6.55. The van der Waals surface area contributed by atoms with Crippen LogP contribution in [0.4, 0.5) is 0 Å². The van der Waals surface area contributed by atoms with Crippen LogP contribution in [0, 0.1) is 0 Å². The molecule has 0 radical (unpaired) electrons. The van der Waals surface area contributed by atoms with E-state index < -0.39 is 0 Å². The summed E-state index contributed by atoms with van der Waals surface area (Å²) in [5.41, 5.74) is 13.1. The van der Waals surface area contributed by atoms with Gasteiger partial charge in [-0.05, 0) is 87.2 Å². The van der Waals surface area contributed by atoms with E-state index in [1.807, 2.05) is 25.4 Å². The van der Waals surface area contributed by atoms with Gasteiger partial charge in [-0.2, -0.15) is 0 Å². The quantitative estimate of drug-likeness (QED) is 0.200. The lowest BCUT2D eigenvalue weighted by molar-refractivity contribution is 0.447. The molecule has 4 heteroatoms. The minimum absolute atomic E-state index is 0.223. The highest BCUT2D eigenvalue weighted by atomic mass is 16.3. The van der Waals surface area contributed by atoms with Crippen LogP contribution in [0.15, 0.2) is 128 Å². The van der Waals surface area contributed by atoms with Gasteiger partial charge < -0.3 is 9.67 Å². The maximum atomic E-state index is 11.7. The molecule has 0 aliphatic carbocycles. The molecule has 0 spiro atoms. The number of nitrogens with zero attached hydrogens (tertiary/aromatic N) is 3. The average Bonchev–Trinajstić information content (AvgIpc) is 3.44. The van der Waals surface area contributed by atoms with Crippen molar-refractivity contribution in [3.63, 3.8) is 0 Å². The van der Waals surface area contributed by atoms with Crippen molar-refractivity contribution in [1.29, 1.82) is 0 Å². The van der Waals surface area contributed by atoms with Crippen molar-refractivity contribution in [3.8, 4) is 61.8 Å². The van der Waals surface area contributed by atoms with Crippen LogP contribution < -0.4 is 0 Å². The first-order valence-electron chi connectivity index (χ1n) is 16.6. The molecule has 0 atom stereocenters. The number of phenols is 1. The lowest BCUT2D eigenvalue weighted by Crippen LogP contribution is -2.13. The van der Waals surface area contributed by atoms with Gasteiger partial charge in [0, 0.05) is 29.9 Å². The summed E-state index contributed by atoms with van der Waals surface area (Å²) in [6.45, 7) is 10.8. The zero-order valence-electron chi connectivity index (χ0n) is 28.5. The second-order valence-electron chi connectivity index (χ2n) is 14.0. The molecule has 4 nitrogen and oxygen atoms in total. The fourth-order valence-corrected chi connectivity index (χ4v) is 6.55. The summed E-state index contributed by atoms with van der Waals surface area (Å²) in [5.74, 6) is 1.35. The second-order valence-corrected chi connectivity index (χ2v) is 14.0. The van der Waals surface area contributed by atoms with Crippen molar-refractivity contribution >= 4 is 11.0 Å². The van der Waals surface area contributed by atoms with E-state index in [9.17, 15) is 5.11 Å². The predicted octanol–water partition coefficient (Wildman–Crippen LogP) is 11.4. The molecule has 0 saturated heterocycles. The van der Waals surface area contributed by atoms with E-state index in [1.165, 1.54) is 5.56 Å². The molecule has 0 aliphatic rings. The highest BCUT2D eigenvalue weighted by Gasteiger charge is 2.25. The molecule has 0 bridgehead atoms. The molecule has 7 rings (SSSR count). The fraction of sp³-hybridized carbons (Fsp3) is 0.182. The van der Waals surface area contributed by atoms with Gasteiger partial charge in [-0.15, -0.1) is 0 Å². The van der Waals surface area contributed by atoms with Crippen LogP contribution in [0.2, 0.25) is 0 Å². The third-order valence-corrected chi connectivity index (χ3v) is 9.27. The maximum absolute atomic E-state index is 11.7. The van der Waals surface area contributed by atoms with Crippen LogP contribution in [-0.2, 0) is 12.5 Å². The van der Waals surface area contributed by atoms with Gasteiger partial charge in [-0.1, -0.05) is 113 Å². The minimum Gasteiger partial charge on any atom is -0.507 e. The van der Waals surface area contributed by atoms with Crippen LogP contribution in [0.1, 0.15) is 51.7 Å². The number of pyridine rings is 1. The second kappa shape index (κ2) is 12.3. The molecule has 5 aromatic carbocycles. The lowest BCUT2D eigenvalue weighted by atomic mass is 9.82. The Kier molecular flexibility index (Phi) is 7.96. The lowest BCUT2D eigenvalue weighted by Gasteiger charge is -2.24. The summed E-state index contributed by atoms with van der Waals surface area (Å²) in [6.07, 6.45) is 1.89. The predicted molar refractivity (Wildman–Crippen MR) is 200 cm³/mol. The van der Waals surface area contributed by atoms with E-state index in [-0.39, 0.29) is 5.41 Å². The van der Waals surface area contributed by atoms with E-state index in [1.54, 1.807) is 0 Å². The Bertz CT molecular complexity index is 2260. The average molecular weight is 628 g/mol. The van der Waals surface area contributed by atoms with Crippen molar-refractivity contribution in [1.82, 2.24) is 14.5 Å². The Labute approximate surface area is 283 Å². The van der Waals surface area contributed by atoms with Crippen LogP contribution in [0.5, 0.6) is 5.75 Å². The molecule has 0 saturated carbocycles. The first-order chi connectivity index (χ1) is 23.1. The first-order valence-corrected chi connectivity index (χ1v) is 16.6. The zero-order valence-corrected chi connectivity index (χ0v) is 28.5. The molecule has 1 N–H and O–H groups in total. The number of hydrogen-bond acceptors (Lipinski definition) is 3. The molecule has 0 fully saturated rings. The SMILES string of the molecule is CC(C)c1cc(-c2nc3c(-c4cc(-c5ccccc5)cc(-c5cc(-c6ccccc6)ccn5)c4)cccc3n2C)c(O)c(C(C)(C)C)c1. The van der Waals surface area contributed by atoms with E-state index in [0.29, 0.717) is 11.7 Å². The number of fused-ring (bicyclic) bond motifs is 1. The smallest absolute Gasteiger partial charge is 0.144 e. The number of aromatic nitrogens is 3. The summed E-state index contributed by atoms with van der Waals surface area (Å²) in [4.78, 5) is 10.1. The maximum Gasteiger partial charge on any atom is 0.144 e. The summed E-state index contributed by atoms with van der Waals surface area (Å²) < 4.78 is 2.11. The van der Waals surface area contributed by atoms with Crippen molar-refractivity contribution in [2.45, 2.75) is 46.0 Å². The number of phenolic OH excluding ortho intramolecular Hbond substituents is 1. The number of imidazole rings is 1. The minimum atomic E-state index is -0.223. The van der Waals surface area contributed by atoms with E-state index in [2.05, 4.69) is 148 Å².